The lowest BCUT2D eigenvalue weighted by Gasteiger charge is -2.37. The highest BCUT2D eigenvalue weighted by atomic mass is 16.6. The Bertz CT molecular complexity index is 1120. The van der Waals surface area contributed by atoms with Crippen LogP contribution in [0.4, 0.5) is 0 Å². The SMILES string of the molecule is CC(=O)OCC1=C2CC(C#N)(C#N)C3=CC4CC(C5OC45)[C@@H]3C(COC(C)=O)=C2CC1=O. The maximum atomic E-state index is 12.9. The number of epoxide rings is 1. The number of allylic oxidation sites excluding steroid dienone is 3. The van der Waals surface area contributed by atoms with Crippen LogP contribution in [0.15, 0.2) is 33.9 Å². The molecule has 164 valence electrons. The van der Waals surface area contributed by atoms with Gasteiger partial charge < -0.3 is 14.2 Å². The average molecular weight is 434 g/mol. The molecule has 1 heterocycles. The van der Waals surface area contributed by atoms with Crippen LogP contribution in [0.2, 0.25) is 0 Å². The molecule has 5 rings (SSSR count). The number of Topliss-reactive ketones (excluding diaryl/α,β-unsaturated/α-hetero) is 1. The Morgan fingerprint density at radius 1 is 1.12 bits per heavy atom. The van der Waals surface area contributed by atoms with Crippen molar-refractivity contribution in [2.75, 3.05) is 13.2 Å². The summed E-state index contributed by atoms with van der Waals surface area (Å²) in [5.74, 6) is -1.25. The topological polar surface area (TPSA) is 130 Å². The molecule has 0 N–H and O–H groups in total. The Hall–Kier alpha value is -3.23. The number of hydrogen-bond acceptors (Lipinski definition) is 8. The maximum Gasteiger partial charge on any atom is 0.302 e. The maximum absolute atomic E-state index is 12.9. The van der Waals surface area contributed by atoms with E-state index in [0.29, 0.717) is 16.7 Å². The summed E-state index contributed by atoms with van der Waals surface area (Å²) < 4.78 is 16.4. The Morgan fingerprint density at radius 2 is 1.81 bits per heavy atom. The van der Waals surface area contributed by atoms with Crippen molar-refractivity contribution < 1.29 is 28.6 Å². The van der Waals surface area contributed by atoms with Gasteiger partial charge in [-0.25, -0.2) is 0 Å². The molecule has 1 saturated carbocycles. The van der Waals surface area contributed by atoms with Crippen molar-refractivity contribution in [2.24, 2.45) is 23.2 Å². The summed E-state index contributed by atoms with van der Waals surface area (Å²) in [4.78, 5) is 36.0. The van der Waals surface area contributed by atoms with Crippen molar-refractivity contribution in [3.8, 4) is 12.1 Å². The number of carbonyl (C=O) groups is 3. The molecule has 2 bridgehead atoms. The van der Waals surface area contributed by atoms with E-state index in [2.05, 4.69) is 12.1 Å². The van der Waals surface area contributed by atoms with E-state index in [9.17, 15) is 24.9 Å². The number of nitriles is 2. The Balaban J connectivity index is 1.71. The number of rotatable bonds is 4. The predicted octanol–water partition coefficient (Wildman–Crippen LogP) is 2.08. The molecular formula is C24H22N2O6. The fraction of sp³-hybridized carbons (Fsp3) is 0.542. The van der Waals surface area contributed by atoms with E-state index >= 15 is 0 Å². The molecule has 0 amide bonds. The van der Waals surface area contributed by atoms with E-state index in [1.54, 1.807) is 0 Å². The van der Waals surface area contributed by atoms with E-state index in [1.165, 1.54) is 13.8 Å². The van der Waals surface area contributed by atoms with Crippen LogP contribution in [-0.4, -0.2) is 43.1 Å². The molecule has 5 aliphatic rings. The normalized spacial score (nSPS) is 33.2. The Morgan fingerprint density at radius 3 is 2.47 bits per heavy atom. The first kappa shape index (κ1) is 20.7. The monoisotopic (exact) mass is 434 g/mol. The van der Waals surface area contributed by atoms with E-state index < -0.39 is 17.4 Å². The van der Waals surface area contributed by atoms with Gasteiger partial charge in [0, 0.05) is 44.1 Å². The van der Waals surface area contributed by atoms with Gasteiger partial charge in [0.2, 0.25) is 0 Å². The van der Waals surface area contributed by atoms with Gasteiger partial charge in [0.25, 0.3) is 0 Å². The van der Waals surface area contributed by atoms with E-state index in [1.807, 2.05) is 6.08 Å². The molecule has 0 aromatic carbocycles. The number of ether oxygens (including phenoxy) is 3. The zero-order valence-corrected chi connectivity index (χ0v) is 17.8. The van der Waals surface area contributed by atoms with E-state index in [0.717, 1.165) is 17.6 Å². The average Bonchev–Trinajstić information content (AvgIpc) is 3.44. The standard InChI is InChI=1S/C24H22N2O6/c1-11(27)30-7-17-16-6-24(9-25,10-26)19-4-13-3-15(23-22(13)32-23)21(19)18(8-31-12(2)28)14(16)5-20(17)29/h4,13,15,21-23H,3,5-8H2,1-2H3/t13?,15?,21-,22?,23?/m1/s1. The number of hydrogen-bond donors (Lipinski definition) is 0. The molecule has 5 atom stereocenters. The quantitative estimate of drug-likeness (QED) is 0.373. The first-order valence-electron chi connectivity index (χ1n) is 10.7. The summed E-state index contributed by atoms with van der Waals surface area (Å²) in [6.45, 7) is 2.36. The lowest BCUT2D eigenvalue weighted by atomic mass is 9.65. The molecule has 1 saturated heterocycles. The van der Waals surface area contributed by atoms with Gasteiger partial charge in [0.15, 0.2) is 11.2 Å². The van der Waals surface area contributed by atoms with Gasteiger partial charge in [-0.15, -0.1) is 0 Å². The molecule has 4 aliphatic carbocycles. The third-order valence-electron chi connectivity index (χ3n) is 7.44. The van der Waals surface area contributed by atoms with Gasteiger partial charge in [-0.05, 0) is 34.6 Å². The van der Waals surface area contributed by atoms with Crippen molar-refractivity contribution in [1.29, 1.82) is 10.5 Å². The van der Waals surface area contributed by atoms with E-state index in [-0.39, 0.29) is 61.8 Å². The minimum Gasteiger partial charge on any atom is -0.461 e. The van der Waals surface area contributed by atoms with Gasteiger partial charge >= 0.3 is 11.9 Å². The highest BCUT2D eigenvalue weighted by Gasteiger charge is 2.64. The molecule has 0 aromatic heterocycles. The second kappa shape index (κ2) is 7.15. The molecule has 32 heavy (non-hydrogen) atoms. The first-order chi connectivity index (χ1) is 15.3. The molecule has 1 aliphatic heterocycles. The first-order valence-corrected chi connectivity index (χ1v) is 10.7. The molecule has 0 radical (unpaired) electrons. The summed E-state index contributed by atoms with van der Waals surface area (Å²) in [7, 11) is 0. The van der Waals surface area contributed by atoms with Crippen LogP contribution < -0.4 is 0 Å². The number of ketones is 1. The molecule has 8 heteroatoms. The Labute approximate surface area is 185 Å². The number of fused-ring (bicyclic) bond motifs is 8. The van der Waals surface area contributed by atoms with E-state index in [4.69, 9.17) is 14.2 Å². The van der Waals surface area contributed by atoms with Crippen molar-refractivity contribution in [3.63, 3.8) is 0 Å². The second-order valence-electron chi connectivity index (χ2n) is 9.16. The van der Waals surface area contributed by atoms with Crippen molar-refractivity contribution in [3.05, 3.63) is 33.9 Å². The fourth-order valence-corrected chi connectivity index (χ4v) is 6.05. The van der Waals surface area contributed by atoms with Crippen LogP contribution in [0.25, 0.3) is 0 Å². The smallest absolute Gasteiger partial charge is 0.302 e. The Kier molecular flexibility index (Phi) is 4.61. The molecule has 0 aromatic rings. The summed E-state index contributed by atoms with van der Waals surface area (Å²) in [5, 5.41) is 20.5. The third kappa shape index (κ3) is 2.94. The minimum absolute atomic E-state index is 0.0181. The van der Waals surface area contributed by atoms with Crippen LogP contribution in [-0.2, 0) is 28.6 Å². The lowest BCUT2D eigenvalue weighted by molar-refractivity contribution is -0.141. The fourth-order valence-electron chi connectivity index (χ4n) is 6.05. The van der Waals surface area contributed by atoms with Crippen LogP contribution in [0.1, 0.15) is 33.1 Å². The van der Waals surface area contributed by atoms with Crippen molar-refractivity contribution >= 4 is 17.7 Å². The van der Waals surface area contributed by atoms with Crippen molar-refractivity contribution in [1.82, 2.24) is 0 Å². The summed E-state index contributed by atoms with van der Waals surface area (Å²) in [6, 6.07) is 4.49. The minimum atomic E-state index is -1.46. The summed E-state index contributed by atoms with van der Waals surface area (Å²) in [6.07, 6.45) is 3.16. The van der Waals surface area contributed by atoms with Crippen LogP contribution >= 0.6 is 0 Å². The zero-order valence-electron chi connectivity index (χ0n) is 17.8. The highest BCUT2D eigenvalue weighted by Crippen LogP contribution is 2.62. The molecule has 0 spiro atoms. The molecular weight excluding hydrogens is 412 g/mol. The number of carbonyl (C=O) groups excluding carboxylic acids is 3. The lowest BCUT2D eigenvalue weighted by Crippen LogP contribution is -2.34. The molecule has 2 fully saturated rings. The summed E-state index contributed by atoms with van der Waals surface area (Å²) in [5.41, 5.74) is 1.64. The highest BCUT2D eigenvalue weighted by molar-refractivity contribution is 6.03. The van der Waals surface area contributed by atoms with Gasteiger partial charge in [0.05, 0.1) is 24.3 Å². The van der Waals surface area contributed by atoms with Gasteiger partial charge in [-0.3, -0.25) is 14.4 Å². The zero-order chi connectivity index (χ0) is 22.8. The predicted molar refractivity (Wildman–Crippen MR) is 107 cm³/mol. The van der Waals surface area contributed by atoms with Gasteiger partial charge in [0.1, 0.15) is 13.2 Å². The van der Waals surface area contributed by atoms with Crippen LogP contribution in [0.5, 0.6) is 0 Å². The largest absolute Gasteiger partial charge is 0.461 e. The van der Waals surface area contributed by atoms with Crippen LogP contribution in [0.3, 0.4) is 0 Å². The third-order valence-corrected chi connectivity index (χ3v) is 7.44. The second-order valence-corrected chi connectivity index (χ2v) is 9.16. The molecule has 8 nitrogen and oxygen atoms in total. The van der Waals surface area contributed by atoms with Gasteiger partial charge in [-0.1, -0.05) is 6.08 Å². The van der Waals surface area contributed by atoms with Crippen molar-refractivity contribution in [2.45, 2.75) is 45.3 Å². The number of nitrogens with zero attached hydrogens (tertiary/aromatic N) is 2. The molecule has 4 unspecified atom stereocenters. The van der Waals surface area contributed by atoms with Crippen LogP contribution in [0, 0.1) is 45.8 Å². The van der Waals surface area contributed by atoms with Gasteiger partial charge in [-0.2, -0.15) is 10.5 Å². The summed E-state index contributed by atoms with van der Waals surface area (Å²) >= 11 is 0. The number of esters is 2.